The fourth-order valence-corrected chi connectivity index (χ4v) is 2.78. The van der Waals surface area contributed by atoms with E-state index in [2.05, 4.69) is 41.1 Å². The molecule has 2 heterocycles. The minimum absolute atomic E-state index is 0.621. The third kappa shape index (κ3) is 2.40. The minimum atomic E-state index is 0.621. The Morgan fingerprint density at radius 3 is 2.84 bits per heavy atom. The summed E-state index contributed by atoms with van der Waals surface area (Å²) in [5.74, 6) is 0. The van der Waals surface area contributed by atoms with Gasteiger partial charge in [0.05, 0.1) is 24.4 Å². The van der Waals surface area contributed by atoms with Crippen LogP contribution in [0.1, 0.15) is 12.5 Å². The van der Waals surface area contributed by atoms with Crippen molar-refractivity contribution < 1.29 is 4.74 Å². The normalized spacial score (nSPS) is 16.0. The lowest BCUT2D eigenvalue weighted by molar-refractivity contribution is 0.123. The molecule has 1 aliphatic rings. The molecule has 3 rings (SSSR count). The summed E-state index contributed by atoms with van der Waals surface area (Å²) in [7, 11) is 0. The predicted molar refractivity (Wildman–Crippen MR) is 79.2 cm³/mol. The maximum Gasteiger partial charge on any atom is 0.133 e. The molecule has 100 valence electrons. The number of hydrogen-bond acceptors (Lipinski definition) is 3. The highest BCUT2D eigenvalue weighted by Gasteiger charge is 2.15. The molecule has 0 bridgehead atoms. The Labute approximate surface area is 118 Å². The Balaban J connectivity index is 2.11. The molecule has 0 aliphatic carbocycles. The topological polar surface area (TPSA) is 25.4 Å². The molecule has 1 aromatic heterocycles. The molecular weight excluding hydrogens is 260 g/mol. The average molecular weight is 277 g/mol. The molecule has 0 saturated carbocycles. The molecule has 19 heavy (non-hydrogen) atoms. The summed E-state index contributed by atoms with van der Waals surface area (Å²) in [6.45, 7) is 5.47. The van der Waals surface area contributed by atoms with Crippen LogP contribution in [-0.2, 0) is 11.2 Å². The molecule has 1 aliphatic heterocycles. The summed E-state index contributed by atoms with van der Waals surface area (Å²) < 4.78 is 5.41. The predicted octanol–water partition coefficient (Wildman–Crippen LogP) is 3.29. The highest BCUT2D eigenvalue weighted by molar-refractivity contribution is 6.30. The van der Waals surface area contributed by atoms with Crippen LogP contribution in [0.4, 0.5) is 5.69 Å². The molecule has 2 aromatic rings. The summed E-state index contributed by atoms with van der Waals surface area (Å²) in [4.78, 5) is 6.92. The van der Waals surface area contributed by atoms with Gasteiger partial charge in [-0.15, -0.1) is 0 Å². The first-order chi connectivity index (χ1) is 9.29. The van der Waals surface area contributed by atoms with Crippen molar-refractivity contribution in [2.24, 2.45) is 0 Å². The van der Waals surface area contributed by atoms with Crippen molar-refractivity contribution in [3.63, 3.8) is 0 Å². The van der Waals surface area contributed by atoms with E-state index in [1.807, 2.05) is 0 Å². The van der Waals surface area contributed by atoms with Crippen molar-refractivity contribution in [1.82, 2.24) is 4.98 Å². The molecule has 3 nitrogen and oxygen atoms in total. The number of hydrogen-bond donors (Lipinski definition) is 0. The van der Waals surface area contributed by atoms with Gasteiger partial charge < -0.3 is 9.64 Å². The van der Waals surface area contributed by atoms with Crippen LogP contribution in [-0.4, -0.2) is 31.3 Å². The number of nitrogens with zero attached hydrogens (tertiary/aromatic N) is 2. The quantitative estimate of drug-likeness (QED) is 0.787. The second-order valence-electron chi connectivity index (χ2n) is 4.74. The van der Waals surface area contributed by atoms with Gasteiger partial charge in [0.15, 0.2) is 0 Å². The second-order valence-corrected chi connectivity index (χ2v) is 5.10. The van der Waals surface area contributed by atoms with Gasteiger partial charge in [0.25, 0.3) is 0 Å². The second kappa shape index (κ2) is 5.35. The molecular formula is C15H17ClN2O. The highest BCUT2D eigenvalue weighted by atomic mass is 35.5. The van der Waals surface area contributed by atoms with Crippen molar-refractivity contribution in [2.75, 3.05) is 31.2 Å². The van der Waals surface area contributed by atoms with Crippen molar-refractivity contribution in [3.05, 3.63) is 35.0 Å². The van der Waals surface area contributed by atoms with Gasteiger partial charge >= 0.3 is 0 Å². The molecule has 1 fully saturated rings. The van der Waals surface area contributed by atoms with E-state index in [4.69, 9.17) is 16.3 Å². The molecule has 1 aromatic carbocycles. The van der Waals surface area contributed by atoms with Gasteiger partial charge in [-0.05, 0) is 24.1 Å². The summed E-state index contributed by atoms with van der Waals surface area (Å²) in [6, 6.07) is 8.45. The maximum absolute atomic E-state index is 6.26. The number of morpholine rings is 1. The fraction of sp³-hybridized carbons (Fsp3) is 0.400. The van der Waals surface area contributed by atoms with Crippen molar-refractivity contribution in [3.8, 4) is 0 Å². The lowest BCUT2D eigenvalue weighted by atomic mass is 10.1. The van der Waals surface area contributed by atoms with E-state index in [9.17, 15) is 0 Å². The number of ether oxygens (including phenoxy) is 1. The van der Waals surface area contributed by atoms with Crippen LogP contribution in [0.15, 0.2) is 24.3 Å². The van der Waals surface area contributed by atoms with E-state index in [1.165, 1.54) is 0 Å². The number of aryl methyl sites for hydroxylation is 1. The smallest absolute Gasteiger partial charge is 0.133 e. The molecule has 0 amide bonds. The van der Waals surface area contributed by atoms with E-state index >= 15 is 0 Å². The first-order valence-electron chi connectivity index (χ1n) is 6.70. The number of aromatic nitrogens is 1. The molecule has 0 atom stereocenters. The van der Waals surface area contributed by atoms with Crippen LogP contribution in [0.5, 0.6) is 0 Å². The molecule has 1 saturated heterocycles. The van der Waals surface area contributed by atoms with Gasteiger partial charge in [0.2, 0.25) is 0 Å². The van der Waals surface area contributed by atoms with Crippen LogP contribution in [0.25, 0.3) is 10.9 Å². The van der Waals surface area contributed by atoms with Gasteiger partial charge in [-0.1, -0.05) is 30.7 Å². The Morgan fingerprint density at radius 1 is 1.32 bits per heavy atom. The van der Waals surface area contributed by atoms with Crippen LogP contribution >= 0.6 is 11.6 Å². The van der Waals surface area contributed by atoms with Crippen LogP contribution < -0.4 is 4.90 Å². The van der Waals surface area contributed by atoms with Gasteiger partial charge in [-0.3, -0.25) is 0 Å². The first kappa shape index (κ1) is 12.7. The highest BCUT2D eigenvalue weighted by Crippen LogP contribution is 2.29. The summed E-state index contributed by atoms with van der Waals surface area (Å²) >= 11 is 6.26. The van der Waals surface area contributed by atoms with Gasteiger partial charge in [-0.25, -0.2) is 4.98 Å². The van der Waals surface area contributed by atoms with E-state index < -0.39 is 0 Å². The largest absolute Gasteiger partial charge is 0.378 e. The Bertz CT molecular complexity index is 594. The van der Waals surface area contributed by atoms with Gasteiger partial charge in [0, 0.05) is 18.5 Å². The van der Waals surface area contributed by atoms with Crippen molar-refractivity contribution >= 4 is 28.2 Å². The van der Waals surface area contributed by atoms with Crippen LogP contribution in [0.3, 0.4) is 0 Å². The third-order valence-corrected chi connectivity index (χ3v) is 3.91. The average Bonchev–Trinajstić information content (AvgIpc) is 2.47. The summed E-state index contributed by atoms with van der Waals surface area (Å²) in [6.07, 6.45) is 0.906. The van der Waals surface area contributed by atoms with Crippen molar-refractivity contribution in [1.29, 1.82) is 0 Å². The van der Waals surface area contributed by atoms with Gasteiger partial charge in [0.1, 0.15) is 5.15 Å². The molecule has 0 spiro atoms. The molecule has 0 unspecified atom stereocenters. The number of anilines is 1. The van der Waals surface area contributed by atoms with Crippen LogP contribution in [0.2, 0.25) is 5.15 Å². The zero-order chi connectivity index (χ0) is 13.2. The van der Waals surface area contributed by atoms with E-state index in [0.29, 0.717) is 5.15 Å². The zero-order valence-electron chi connectivity index (χ0n) is 11.0. The van der Waals surface area contributed by atoms with E-state index in [1.54, 1.807) is 0 Å². The fourth-order valence-electron chi connectivity index (χ4n) is 2.51. The van der Waals surface area contributed by atoms with Crippen molar-refractivity contribution in [2.45, 2.75) is 13.3 Å². The number of benzene rings is 1. The number of pyridine rings is 1. The minimum Gasteiger partial charge on any atom is -0.378 e. The number of fused-ring (bicyclic) bond motifs is 1. The lowest BCUT2D eigenvalue weighted by Crippen LogP contribution is -2.36. The summed E-state index contributed by atoms with van der Waals surface area (Å²) in [5.41, 5.74) is 3.25. The Morgan fingerprint density at radius 2 is 2.11 bits per heavy atom. The lowest BCUT2D eigenvalue weighted by Gasteiger charge is -2.29. The standard InChI is InChI=1S/C15H17ClN2O/c1-2-11-10-12-4-3-5-13(14(12)17-15(11)16)18-6-8-19-9-7-18/h3-5,10H,2,6-9H2,1H3. The first-order valence-corrected chi connectivity index (χ1v) is 7.08. The Hall–Kier alpha value is -1.32. The summed E-state index contributed by atoms with van der Waals surface area (Å²) in [5, 5.41) is 1.78. The maximum atomic E-state index is 6.26. The van der Waals surface area contributed by atoms with Crippen LogP contribution in [0, 0.1) is 0 Å². The Kier molecular flexibility index (Phi) is 3.58. The van der Waals surface area contributed by atoms with E-state index in [0.717, 1.165) is 54.9 Å². The number of halogens is 1. The monoisotopic (exact) mass is 276 g/mol. The zero-order valence-corrected chi connectivity index (χ0v) is 11.8. The SMILES string of the molecule is CCc1cc2cccc(N3CCOCC3)c2nc1Cl. The number of para-hydroxylation sites is 1. The number of rotatable bonds is 2. The molecule has 4 heteroatoms. The van der Waals surface area contributed by atoms with E-state index in [-0.39, 0.29) is 0 Å². The van der Waals surface area contributed by atoms with Gasteiger partial charge in [-0.2, -0.15) is 0 Å². The molecule has 0 N–H and O–H groups in total. The molecule has 0 radical (unpaired) electrons. The third-order valence-electron chi connectivity index (χ3n) is 3.58.